The maximum Gasteiger partial charge on any atom is 2.00 e. The van der Waals surface area contributed by atoms with E-state index in [0.717, 1.165) is 36.4 Å². The Labute approximate surface area is 183 Å². The van der Waals surface area contributed by atoms with Gasteiger partial charge >= 0.3 is 16.5 Å². The van der Waals surface area contributed by atoms with Crippen molar-refractivity contribution in [2.45, 2.75) is 9.79 Å². The minimum absolute atomic E-state index is 0. The predicted molar refractivity (Wildman–Crippen MR) is 102 cm³/mol. The van der Waals surface area contributed by atoms with Gasteiger partial charge in [0.15, 0.2) is 0 Å². The van der Waals surface area contributed by atoms with E-state index in [1.54, 1.807) is 0 Å². The van der Waals surface area contributed by atoms with Crippen molar-refractivity contribution >= 4 is 31.9 Å². The fourth-order valence-electron chi connectivity index (χ4n) is 2.20. The maximum atomic E-state index is 12.6. The van der Waals surface area contributed by atoms with Crippen molar-refractivity contribution < 1.29 is 73.6 Å². The minimum atomic E-state index is -3.86. The number of hydrogen-bond acceptors (Lipinski definition) is 6. The number of rotatable bonds is 0. The molecule has 31 heavy (non-hydrogen) atoms. The molecule has 2 amide bonds. The summed E-state index contributed by atoms with van der Waals surface area (Å²) in [4.78, 5) is 21.4. The third-order valence-electron chi connectivity index (χ3n) is 3.31. The van der Waals surface area contributed by atoms with E-state index >= 15 is 0 Å². The SMILES string of the molecule is O=C1[N-]S(=O)(=O)c2ccc(F)cc21.O=C1[N-]S(=O)(=O)c2ccc(F)cc21.[Ni+2].[OH3+].[OH3+].[OH3+].[OH3+]. The molecule has 0 radical (unpaired) electrons. The number of nitrogens with zero attached hydrogens (tertiary/aromatic N) is 2. The number of carbonyl (C=O) groups is 2. The van der Waals surface area contributed by atoms with Gasteiger partial charge < -0.3 is 40.9 Å². The third-order valence-corrected chi connectivity index (χ3v) is 5.94. The van der Waals surface area contributed by atoms with E-state index in [-0.39, 0.29) is 59.3 Å². The molecule has 4 rings (SSSR count). The molecule has 2 heterocycles. The van der Waals surface area contributed by atoms with Crippen molar-refractivity contribution in [2.75, 3.05) is 0 Å². The van der Waals surface area contributed by atoms with Crippen LogP contribution in [0.4, 0.5) is 8.78 Å². The molecule has 12 nitrogen and oxygen atoms in total. The fourth-order valence-corrected chi connectivity index (χ4v) is 4.36. The monoisotopic (exact) mass is 534 g/mol. The Morgan fingerprint density at radius 2 is 0.903 bits per heavy atom. The molecular formula is C14H18F2N2NiO10S2+4. The van der Waals surface area contributed by atoms with Gasteiger partial charge in [-0.25, -0.2) is 25.6 Å². The van der Waals surface area contributed by atoms with Crippen molar-refractivity contribution in [3.63, 3.8) is 0 Å². The summed E-state index contributed by atoms with van der Waals surface area (Å²) in [6, 6.07) is 5.76. The standard InChI is InChI=1S/2C7H4FNO3S.Ni.4H2O/c2*8-4-1-2-6-5(3-4)7(10)9-13(6,11)12;;;;;/h2*1-3H,(H,9,10);;4*1H2/q;;+2;;;;/p+2. The normalized spacial score (nSPS) is 15.2. The van der Waals surface area contributed by atoms with Gasteiger partial charge in [0, 0.05) is 11.1 Å². The van der Waals surface area contributed by atoms with E-state index in [1.807, 2.05) is 0 Å². The first kappa shape index (κ1) is 33.1. The second-order valence-corrected chi connectivity index (χ2v) is 8.17. The average molecular weight is 535 g/mol. The van der Waals surface area contributed by atoms with Gasteiger partial charge in [0.1, 0.15) is 31.7 Å². The molecule has 0 aliphatic carbocycles. The van der Waals surface area contributed by atoms with E-state index < -0.39 is 43.5 Å². The van der Waals surface area contributed by atoms with Gasteiger partial charge in [-0.05, 0) is 36.4 Å². The van der Waals surface area contributed by atoms with Crippen molar-refractivity contribution in [3.8, 4) is 0 Å². The zero-order chi connectivity index (χ0) is 19.3. The Morgan fingerprint density at radius 1 is 0.613 bits per heavy atom. The molecular weight excluding hydrogens is 517 g/mol. The van der Waals surface area contributed by atoms with Crippen LogP contribution in [-0.2, 0) is 58.4 Å². The molecule has 0 atom stereocenters. The smallest absolute Gasteiger partial charge is 0.537 e. The summed E-state index contributed by atoms with van der Waals surface area (Å²) in [5.74, 6) is -3.12. The Hall–Kier alpha value is -2.53. The molecule has 0 unspecified atom stereocenters. The van der Waals surface area contributed by atoms with Crippen LogP contribution in [0.3, 0.4) is 0 Å². The van der Waals surface area contributed by atoms with Crippen LogP contribution in [0.25, 0.3) is 9.44 Å². The van der Waals surface area contributed by atoms with Gasteiger partial charge in [-0.3, -0.25) is 0 Å². The topological polar surface area (TPSA) is 263 Å². The molecule has 0 spiro atoms. The summed E-state index contributed by atoms with van der Waals surface area (Å²) in [5.41, 5.74) is -0.389. The van der Waals surface area contributed by atoms with E-state index in [4.69, 9.17) is 0 Å². The fraction of sp³-hybridized carbons (Fsp3) is 0. The summed E-state index contributed by atoms with van der Waals surface area (Å²) in [7, 11) is -7.73. The zero-order valence-corrected chi connectivity index (χ0v) is 17.6. The van der Waals surface area contributed by atoms with Crippen LogP contribution in [0.2, 0.25) is 0 Å². The van der Waals surface area contributed by atoms with Crippen molar-refractivity contribution in [1.82, 2.24) is 0 Å². The van der Waals surface area contributed by atoms with Gasteiger partial charge in [0.25, 0.3) is 0 Å². The van der Waals surface area contributed by atoms with Crippen LogP contribution < -0.4 is 0 Å². The number of hydrogen-bond donors (Lipinski definition) is 0. The number of sulfonamides is 2. The van der Waals surface area contributed by atoms with Crippen LogP contribution in [0.1, 0.15) is 20.7 Å². The molecule has 2 aromatic rings. The molecule has 2 aromatic carbocycles. The quantitative estimate of drug-likeness (QED) is 0.283. The number of benzene rings is 2. The van der Waals surface area contributed by atoms with Crippen molar-refractivity contribution in [3.05, 3.63) is 68.6 Å². The molecule has 0 bridgehead atoms. The van der Waals surface area contributed by atoms with Crippen molar-refractivity contribution in [2.24, 2.45) is 0 Å². The molecule has 17 heteroatoms. The summed E-state index contributed by atoms with van der Waals surface area (Å²) in [6.07, 6.45) is 0. The van der Waals surface area contributed by atoms with Crippen LogP contribution in [-0.4, -0.2) is 28.6 Å². The largest absolute Gasteiger partial charge is 2.00 e. The molecule has 2 aliphatic heterocycles. The first-order chi connectivity index (χ1) is 12.0. The van der Waals surface area contributed by atoms with Gasteiger partial charge in [-0.15, -0.1) is 0 Å². The van der Waals surface area contributed by atoms with Gasteiger partial charge in [-0.1, -0.05) is 0 Å². The Bertz CT molecular complexity index is 1100. The van der Waals surface area contributed by atoms with Gasteiger partial charge in [-0.2, -0.15) is 0 Å². The summed E-state index contributed by atoms with van der Waals surface area (Å²) in [5, 5.41) is 0. The second kappa shape index (κ2) is 11.2. The van der Waals surface area contributed by atoms with Gasteiger partial charge in [0.2, 0.25) is 0 Å². The number of carbonyl (C=O) groups excluding carboxylic acids is 2. The van der Waals surface area contributed by atoms with Crippen molar-refractivity contribution in [1.29, 1.82) is 0 Å². The first-order valence-electron chi connectivity index (χ1n) is 6.65. The minimum Gasteiger partial charge on any atom is -0.537 e. The third kappa shape index (κ3) is 6.23. The molecule has 0 aromatic heterocycles. The second-order valence-electron chi connectivity index (χ2n) is 5.02. The van der Waals surface area contributed by atoms with Crippen LogP contribution >= 0.6 is 0 Å². The van der Waals surface area contributed by atoms with E-state index in [9.17, 15) is 35.2 Å². The molecule has 2 aliphatic rings. The number of fused-ring (bicyclic) bond motifs is 2. The van der Waals surface area contributed by atoms with E-state index in [2.05, 4.69) is 9.44 Å². The Morgan fingerprint density at radius 3 is 1.19 bits per heavy atom. The molecule has 0 fully saturated rings. The molecule has 12 N–H and O–H groups in total. The van der Waals surface area contributed by atoms with Crippen LogP contribution in [0.15, 0.2) is 46.2 Å². The first-order valence-corrected chi connectivity index (χ1v) is 9.53. The Kier molecular flexibility index (Phi) is 12.0. The van der Waals surface area contributed by atoms with Crippen LogP contribution in [0.5, 0.6) is 0 Å². The summed E-state index contributed by atoms with van der Waals surface area (Å²) in [6.45, 7) is 0. The summed E-state index contributed by atoms with van der Waals surface area (Å²) >= 11 is 0. The zero-order valence-electron chi connectivity index (χ0n) is 15.0. The van der Waals surface area contributed by atoms with Crippen LogP contribution in [0, 0.1) is 11.6 Å². The van der Waals surface area contributed by atoms with Gasteiger partial charge in [0.05, 0.1) is 21.6 Å². The molecule has 176 valence electrons. The molecule has 0 saturated heterocycles. The van der Waals surface area contributed by atoms with E-state index in [1.165, 1.54) is 0 Å². The summed E-state index contributed by atoms with van der Waals surface area (Å²) < 4.78 is 75.2. The maximum absolute atomic E-state index is 12.6. The predicted octanol–water partition coefficient (Wildman–Crippen LogP) is -1.61. The number of amides is 2. The Balaban J connectivity index is -0.000000436. The molecule has 0 saturated carbocycles. The average Bonchev–Trinajstić information content (AvgIpc) is 2.89. The number of halogens is 2. The van der Waals surface area contributed by atoms with E-state index in [0.29, 0.717) is 0 Å².